The Labute approximate surface area is 139 Å². The molecule has 2 aliphatic rings. The molecule has 1 aliphatic carbocycles. The van der Waals surface area contributed by atoms with Gasteiger partial charge < -0.3 is 14.3 Å². The Balaban J connectivity index is 1.57. The van der Waals surface area contributed by atoms with Crippen molar-refractivity contribution in [2.45, 2.75) is 57.3 Å². The molecule has 1 atom stereocenters. The fourth-order valence-corrected chi connectivity index (χ4v) is 4.15. The molecule has 0 amide bonds. The van der Waals surface area contributed by atoms with Crippen LogP contribution in [0.2, 0.25) is 0 Å². The van der Waals surface area contributed by atoms with E-state index in [1.807, 2.05) is 6.07 Å². The van der Waals surface area contributed by atoms with Gasteiger partial charge in [-0.2, -0.15) is 0 Å². The number of piperazine rings is 1. The molecule has 1 saturated carbocycles. The van der Waals surface area contributed by atoms with Gasteiger partial charge in [0.15, 0.2) is 0 Å². The van der Waals surface area contributed by atoms with Crippen LogP contribution in [0, 0.1) is 0 Å². The van der Waals surface area contributed by atoms with E-state index in [1.54, 1.807) is 7.11 Å². The summed E-state index contributed by atoms with van der Waals surface area (Å²) >= 11 is 0. The number of rotatable bonds is 7. The van der Waals surface area contributed by atoms with Gasteiger partial charge in [-0.25, -0.2) is 0 Å². The monoisotopic (exact) mass is 322 g/mol. The maximum absolute atomic E-state index is 9.44. The fraction of sp³-hybridized carbons (Fsp3) is 0.778. The molecule has 23 heavy (non-hydrogen) atoms. The van der Waals surface area contributed by atoms with E-state index >= 15 is 0 Å². The lowest BCUT2D eigenvalue weighted by Crippen LogP contribution is -2.55. The number of methoxy groups -OCH3 is 1. The van der Waals surface area contributed by atoms with Gasteiger partial charge in [0.1, 0.15) is 18.1 Å². The average Bonchev–Trinajstić information content (AvgIpc) is 3.21. The van der Waals surface area contributed by atoms with Gasteiger partial charge in [-0.05, 0) is 31.4 Å². The largest absolute Gasteiger partial charge is 0.462 e. The van der Waals surface area contributed by atoms with Gasteiger partial charge in [0.2, 0.25) is 0 Å². The Bertz CT molecular complexity index is 471. The maximum Gasteiger partial charge on any atom is 0.129 e. The van der Waals surface area contributed by atoms with E-state index in [4.69, 9.17) is 9.15 Å². The maximum atomic E-state index is 9.44. The number of hydrogen-bond acceptors (Lipinski definition) is 5. The van der Waals surface area contributed by atoms with Crippen LogP contribution in [0.1, 0.15) is 43.6 Å². The van der Waals surface area contributed by atoms with Crippen molar-refractivity contribution in [2.75, 3.05) is 33.4 Å². The lowest BCUT2D eigenvalue weighted by Gasteiger charge is -2.44. The molecule has 1 N–H and O–H groups in total. The average molecular weight is 322 g/mol. The Morgan fingerprint density at radius 2 is 2.00 bits per heavy atom. The summed E-state index contributed by atoms with van der Waals surface area (Å²) in [6.45, 7) is 4.88. The Kier molecular flexibility index (Phi) is 6.11. The van der Waals surface area contributed by atoms with E-state index in [0.29, 0.717) is 12.6 Å². The number of hydrogen-bond donors (Lipinski definition) is 1. The van der Waals surface area contributed by atoms with E-state index in [2.05, 4.69) is 15.9 Å². The zero-order chi connectivity index (χ0) is 16.1. The van der Waals surface area contributed by atoms with Crippen molar-refractivity contribution in [1.82, 2.24) is 9.80 Å². The fourth-order valence-electron chi connectivity index (χ4n) is 4.15. The Hall–Kier alpha value is -0.880. The van der Waals surface area contributed by atoms with Crippen LogP contribution in [0.3, 0.4) is 0 Å². The van der Waals surface area contributed by atoms with Crippen molar-refractivity contribution in [2.24, 2.45) is 0 Å². The van der Waals surface area contributed by atoms with Crippen molar-refractivity contribution in [3.05, 3.63) is 23.7 Å². The second-order valence-electron chi connectivity index (χ2n) is 6.88. The molecule has 1 aromatic heterocycles. The first-order valence-electron chi connectivity index (χ1n) is 8.95. The minimum Gasteiger partial charge on any atom is -0.462 e. The summed E-state index contributed by atoms with van der Waals surface area (Å²) < 4.78 is 10.9. The number of aliphatic hydroxyl groups is 1. The highest BCUT2D eigenvalue weighted by atomic mass is 16.5. The van der Waals surface area contributed by atoms with Crippen LogP contribution in [-0.2, 0) is 17.9 Å². The first-order valence-corrected chi connectivity index (χ1v) is 8.95. The zero-order valence-corrected chi connectivity index (χ0v) is 14.2. The van der Waals surface area contributed by atoms with Crippen molar-refractivity contribution in [3.63, 3.8) is 0 Å². The van der Waals surface area contributed by atoms with Gasteiger partial charge in [0.05, 0.1) is 6.54 Å². The minimum absolute atomic E-state index is 0.278. The van der Waals surface area contributed by atoms with Gasteiger partial charge in [0, 0.05) is 45.4 Å². The van der Waals surface area contributed by atoms with Crippen LogP contribution < -0.4 is 0 Å². The molecule has 5 heteroatoms. The van der Waals surface area contributed by atoms with E-state index in [9.17, 15) is 5.11 Å². The highest BCUT2D eigenvalue weighted by molar-refractivity contribution is 5.07. The van der Waals surface area contributed by atoms with Crippen LogP contribution in [0.5, 0.6) is 0 Å². The summed E-state index contributed by atoms with van der Waals surface area (Å²) in [4.78, 5) is 5.12. The van der Waals surface area contributed by atoms with Crippen molar-refractivity contribution < 1.29 is 14.3 Å². The topological polar surface area (TPSA) is 49.1 Å². The normalized spacial score (nSPS) is 24.5. The van der Waals surface area contributed by atoms with Gasteiger partial charge >= 0.3 is 0 Å². The molecule has 0 aromatic carbocycles. The molecule has 130 valence electrons. The molecule has 0 spiro atoms. The molecular formula is C18H30N2O3. The highest BCUT2D eigenvalue weighted by Gasteiger charge is 2.33. The third-order valence-electron chi connectivity index (χ3n) is 5.25. The summed E-state index contributed by atoms with van der Waals surface area (Å²) in [6, 6.07) is 5.27. The summed E-state index contributed by atoms with van der Waals surface area (Å²) in [5, 5.41) is 9.44. The van der Waals surface area contributed by atoms with E-state index in [0.717, 1.165) is 50.2 Å². The second-order valence-corrected chi connectivity index (χ2v) is 6.88. The summed E-state index contributed by atoms with van der Waals surface area (Å²) in [5.74, 6) is 1.90. The second kappa shape index (κ2) is 8.29. The predicted molar refractivity (Wildman–Crippen MR) is 89.2 cm³/mol. The lowest BCUT2D eigenvalue weighted by atomic mass is 10.0. The lowest BCUT2D eigenvalue weighted by molar-refractivity contribution is 0.0239. The molecule has 1 aromatic rings. The molecule has 0 unspecified atom stereocenters. The van der Waals surface area contributed by atoms with Crippen LogP contribution in [0.25, 0.3) is 0 Å². The smallest absolute Gasteiger partial charge is 0.129 e. The number of nitrogens with zero attached hydrogens (tertiary/aromatic N) is 2. The molecule has 1 saturated heterocycles. The van der Waals surface area contributed by atoms with E-state index in [-0.39, 0.29) is 6.61 Å². The molecule has 2 fully saturated rings. The number of furan rings is 1. The van der Waals surface area contributed by atoms with Crippen LogP contribution in [0.15, 0.2) is 16.5 Å². The van der Waals surface area contributed by atoms with Crippen LogP contribution >= 0.6 is 0 Å². The van der Waals surface area contributed by atoms with Crippen molar-refractivity contribution >= 4 is 0 Å². The van der Waals surface area contributed by atoms with Crippen LogP contribution in [-0.4, -0.2) is 60.3 Å². The third-order valence-corrected chi connectivity index (χ3v) is 5.25. The molecule has 0 bridgehead atoms. The zero-order valence-electron chi connectivity index (χ0n) is 14.2. The molecule has 3 rings (SSSR count). The molecule has 5 nitrogen and oxygen atoms in total. The number of aliphatic hydroxyl groups excluding tert-OH is 1. The highest BCUT2D eigenvalue weighted by Crippen LogP contribution is 2.28. The van der Waals surface area contributed by atoms with Gasteiger partial charge in [-0.15, -0.1) is 0 Å². The summed E-state index contributed by atoms with van der Waals surface area (Å²) in [6.07, 6.45) is 6.28. The molecule has 2 heterocycles. The summed E-state index contributed by atoms with van der Waals surface area (Å²) in [5.41, 5.74) is 0. The van der Waals surface area contributed by atoms with Crippen molar-refractivity contribution in [3.8, 4) is 0 Å². The minimum atomic E-state index is 0.278. The third kappa shape index (κ3) is 4.35. The predicted octanol–water partition coefficient (Wildman–Crippen LogP) is 2.24. The standard InChI is InChI=1S/C18H30N2O3/c1-22-14-18-7-6-17(23-18)13-19-9-10-20(15-4-2-3-5-15)16(12-19)8-11-21/h6-7,15-16,21H,2-5,8-14H2,1H3/t16-/m0/s1. The Morgan fingerprint density at radius 3 is 2.74 bits per heavy atom. The quantitative estimate of drug-likeness (QED) is 0.834. The number of ether oxygens (including phenoxy) is 1. The van der Waals surface area contributed by atoms with E-state index in [1.165, 1.54) is 25.7 Å². The molecular weight excluding hydrogens is 292 g/mol. The van der Waals surface area contributed by atoms with Gasteiger partial charge in [-0.3, -0.25) is 9.80 Å². The van der Waals surface area contributed by atoms with Crippen LogP contribution in [0.4, 0.5) is 0 Å². The molecule has 0 radical (unpaired) electrons. The summed E-state index contributed by atoms with van der Waals surface area (Å²) in [7, 11) is 1.68. The SMILES string of the molecule is COCc1ccc(CN2CCN(C3CCCC3)[C@@H](CCO)C2)o1. The van der Waals surface area contributed by atoms with Crippen molar-refractivity contribution in [1.29, 1.82) is 0 Å². The Morgan fingerprint density at radius 1 is 1.22 bits per heavy atom. The van der Waals surface area contributed by atoms with Gasteiger partial charge in [-0.1, -0.05) is 12.8 Å². The first-order chi connectivity index (χ1) is 11.3. The molecule has 1 aliphatic heterocycles. The van der Waals surface area contributed by atoms with Gasteiger partial charge in [0.25, 0.3) is 0 Å². The first kappa shape index (κ1) is 17.0. The van der Waals surface area contributed by atoms with E-state index < -0.39 is 0 Å².